The number of hydrazine groups is 1. The highest BCUT2D eigenvalue weighted by molar-refractivity contribution is 7.89. The molecule has 0 saturated carbocycles. The number of H-pyrrole nitrogens is 1. The van der Waals surface area contributed by atoms with Gasteiger partial charge in [-0.1, -0.05) is 33.7 Å². The molecule has 76 heavy (non-hydrogen) atoms. The first-order chi connectivity index (χ1) is 34.5. The SMILES string of the molecule is C.C.C.C=C=C=C=C=C=C=C=C=C=C=C=C=C.CN(C)S(=O)(=O)c1ccc(Nc2n[nH]c(N)n2)cc1.Cc1cc(C)c(C(=O)O)s1.Cc1cc(C)c(C(=O)n2nc(Nc3ccc(S(=O)(=O)N(C)C)cc3)nc2N)s1.NN. The molecule has 0 atom stereocenters. The Morgan fingerprint density at radius 2 is 1.00 bits per heavy atom. The first-order valence-electron chi connectivity index (χ1n) is 20.3. The predicted octanol–water partition coefficient (Wildman–Crippen LogP) is 8.06. The van der Waals surface area contributed by atoms with Crippen molar-refractivity contribution in [3.63, 3.8) is 0 Å². The van der Waals surface area contributed by atoms with E-state index in [1.54, 1.807) is 24.3 Å². The van der Waals surface area contributed by atoms with Crippen molar-refractivity contribution in [3.05, 3.63) is 173 Å². The summed E-state index contributed by atoms with van der Waals surface area (Å²) in [4.78, 5) is 34.5. The molecule has 0 bridgehead atoms. The Bertz CT molecular complexity index is 3550. The molecule has 0 aliphatic heterocycles. The molecule has 4 heterocycles. The van der Waals surface area contributed by atoms with Crippen LogP contribution in [0.3, 0.4) is 0 Å². The summed E-state index contributed by atoms with van der Waals surface area (Å²) in [5, 5.41) is 24.8. The summed E-state index contributed by atoms with van der Waals surface area (Å²) in [6, 6.07) is 16.2. The van der Waals surface area contributed by atoms with Gasteiger partial charge in [-0.3, -0.25) is 16.5 Å². The van der Waals surface area contributed by atoms with Crippen molar-refractivity contribution in [2.75, 3.05) is 50.3 Å². The number of benzene rings is 2. The lowest BCUT2D eigenvalue weighted by Gasteiger charge is -2.11. The Morgan fingerprint density at radius 1 is 0.632 bits per heavy atom. The van der Waals surface area contributed by atoms with E-state index in [1.807, 2.05) is 39.8 Å². The second-order valence-corrected chi connectivity index (χ2v) is 20.9. The minimum absolute atomic E-state index is 0. The summed E-state index contributed by atoms with van der Waals surface area (Å²) >= 11 is 2.69. The van der Waals surface area contributed by atoms with Gasteiger partial charge in [0.2, 0.25) is 43.8 Å². The largest absolute Gasteiger partial charge is 0.477 e. The van der Waals surface area contributed by atoms with Gasteiger partial charge in [-0.2, -0.15) is 14.6 Å². The number of hydrogen-bond acceptors (Lipinski definition) is 18. The number of nitrogens with two attached hydrogens (primary N) is 4. The number of carbonyl (C=O) groups excluding carboxylic acids is 1. The van der Waals surface area contributed by atoms with Crippen molar-refractivity contribution in [2.45, 2.75) is 59.8 Å². The van der Waals surface area contributed by atoms with Crippen LogP contribution in [-0.4, -0.2) is 101 Å². The average Bonchev–Trinajstić information content (AvgIpc) is 4.13. The molecule has 0 radical (unpaired) electrons. The van der Waals surface area contributed by atoms with Gasteiger partial charge in [0.05, 0.1) is 14.7 Å². The molecule has 0 aliphatic carbocycles. The molecule has 21 nitrogen and oxygen atoms in total. The Kier molecular flexibility index (Phi) is 31.0. The number of hydrogen-bond donors (Lipinski definition) is 8. The molecule has 0 aliphatic rings. The highest BCUT2D eigenvalue weighted by Gasteiger charge is 2.21. The van der Waals surface area contributed by atoms with Crippen LogP contribution in [0.1, 0.15) is 62.5 Å². The molecule has 25 heteroatoms. The molecule has 0 saturated heterocycles. The topological polar surface area (TPSA) is 330 Å². The minimum Gasteiger partial charge on any atom is -0.477 e. The molecule has 4 aromatic heterocycles. The van der Waals surface area contributed by atoms with Crippen LogP contribution in [0.25, 0.3) is 0 Å². The number of nitrogen functional groups attached to an aromatic ring is 2. The van der Waals surface area contributed by atoms with Gasteiger partial charge in [-0.05, 0) is 170 Å². The van der Waals surface area contributed by atoms with Gasteiger partial charge >= 0.3 is 5.97 Å². The number of aromatic nitrogens is 6. The third-order valence-electron chi connectivity index (χ3n) is 8.32. The maximum Gasteiger partial charge on any atom is 0.346 e. The summed E-state index contributed by atoms with van der Waals surface area (Å²) in [7, 11) is -1.02. The predicted molar refractivity (Wildman–Crippen MR) is 303 cm³/mol. The normalized spacial score (nSPS) is 9.32. The number of carboxylic acid groups (broad SMARTS) is 1. The molecule has 0 amide bonds. The lowest BCUT2D eigenvalue weighted by molar-refractivity contribution is 0.0701. The standard InChI is InChI=1S/C17H20N6O3S2.C14H4.C10H14N6O2S.C7H8O2S.3CH4.H4N2/c1-10-9-11(2)27-14(10)15(24)23-16(18)20-17(21-23)19-12-5-7-13(8-6-12)28(25,26)22(3)4;1-3-5-7-9-11-13-14-12-10-8-6-4-2;1-16(2)19(17,18)8-5-3-7(4-6-8)12-10-13-9(11)14-15-10;1-4-3-5(2)10-6(4)7(8)9;;;;1-2/h5-9H,1-4H3,(H3,18,19,20,21);1-2H2;3-6H,1-2H3,(H4,11,12,13,14,15);3H,1-2H3,(H,8,9);3*1H4;1-2H2. The second kappa shape index (κ2) is 33.9. The van der Waals surface area contributed by atoms with Crippen LogP contribution in [-0.2, 0) is 20.0 Å². The lowest BCUT2D eigenvalue weighted by atomic mass is 10.2. The summed E-state index contributed by atoms with van der Waals surface area (Å²) in [5.74, 6) is 7.46. The first-order valence-corrected chi connectivity index (χ1v) is 24.8. The van der Waals surface area contributed by atoms with E-state index < -0.39 is 26.0 Å². The maximum absolute atomic E-state index is 12.7. The summed E-state index contributed by atoms with van der Waals surface area (Å²) in [6.45, 7) is 14.1. The number of rotatable bonds is 10. The first kappa shape index (κ1) is 69.4. The Morgan fingerprint density at radius 3 is 1.30 bits per heavy atom. The summed E-state index contributed by atoms with van der Waals surface area (Å²) < 4.78 is 51.3. The van der Waals surface area contributed by atoms with Crippen LogP contribution in [0, 0.1) is 27.7 Å². The van der Waals surface area contributed by atoms with Crippen molar-refractivity contribution < 1.29 is 31.5 Å². The van der Waals surface area contributed by atoms with Gasteiger partial charge in [-0.25, -0.2) is 35.3 Å². The summed E-state index contributed by atoms with van der Waals surface area (Å²) in [5.41, 5.74) is 43.6. The van der Waals surface area contributed by atoms with Crippen molar-refractivity contribution in [3.8, 4) is 0 Å². The van der Waals surface area contributed by atoms with Gasteiger partial charge in [0, 0.05) is 49.3 Å². The maximum atomic E-state index is 12.7. The average molecular weight is 1110 g/mol. The number of carboxylic acids is 1. The van der Waals surface area contributed by atoms with Crippen molar-refractivity contribution in [1.29, 1.82) is 0 Å². The fourth-order valence-corrected chi connectivity index (χ4v) is 8.72. The van der Waals surface area contributed by atoms with Crippen LogP contribution in [0.2, 0.25) is 0 Å². The van der Waals surface area contributed by atoms with Gasteiger partial charge in [0.15, 0.2) is 0 Å². The van der Waals surface area contributed by atoms with Crippen LogP contribution in [0.15, 0.2) is 152 Å². The fourth-order valence-electron chi connectivity index (χ4n) is 5.10. The molecule has 0 spiro atoms. The van der Waals surface area contributed by atoms with E-state index in [1.165, 1.54) is 75.1 Å². The van der Waals surface area contributed by atoms with Crippen LogP contribution in [0.4, 0.5) is 35.2 Å². The molecule has 6 rings (SSSR count). The number of carbonyl (C=O) groups is 2. The van der Waals surface area contributed by atoms with E-state index in [9.17, 15) is 26.4 Å². The number of thiophene rings is 2. The summed E-state index contributed by atoms with van der Waals surface area (Å²) in [6.07, 6.45) is 0. The smallest absolute Gasteiger partial charge is 0.346 e. The molecule has 12 N–H and O–H groups in total. The highest BCUT2D eigenvalue weighted by atomic mass is 32.2. The number of sulfonamides is 2. The number of aromatic carboxylic acids is 1. The number of aryl methyl sites for hydroxylation is 4. The molecule has 6 aromatic rings. The Labute approximate surface area is 452 Å². The van der Waals surface area contributed by atoms with E-state index in [-0.39, 0.29) is 55.8 Å². The van der Waals surface area contributed by atoms with Gasteiger partial charge in [-0.15, -0.1) is 32.9 Å². The number of anilines is 6. The van der Waals surface area contributed by atoms with Crippen molar-refractivity contribution in [2.24, 2.45) is 11.7 Å². The van der Waals surface area contributed by atoms with E-state index in [0.717, 1.165) is 34.2 Å². The minimum atomic E-state index is -3.51. The van der Waals surface area contributed by atoms with Gasteiger partial charge < -0.3 is 27.2 Å². The van der Waals surface area contributed by atoms with Gasteiger partial charge in [0.25, 0.3) is 5.91 Å². The quantitative estimate of drug-likeness (QED) is 0.0365. The molecular formula is C51H62N14O7S4. The second-order valence-electron chi connectivity index (χ2n) is 14.1. The molecule has 0 fully saturated rings. The molecule has 402 valence electrons. The lowest BCUT2D eigenvalue weighted by Crippen LogP contribution is -2.22. The number of nitrogens with zero attached hydrogens (tertiary/aromatic N) is 7. The van der Waals surface area contributed by atoms with Crippen molar-refractivity contribution in [1.82, 2.24) is 38.6 Å². The van der Waals surface area contributed by atoms with E-state index >= 15 is 0 Å². The van der Waals surface area contributed by atoms with E-state index in [4.69, 9.17) is 16.6 Å². The molecule has 0 unspecified atom stereocenters. The van der Waals surface area contributed by atoms with Gasteiger partial charge in [0.1, 0.15) is 4.88 Å². The molecule has 2 aromatic carbocycles. The van der Waals surface area contributed by atoms with Crippen LogP contribution < -0.4 is 33.8 Å². The zero-order chi connectivity index (χ0) is 54.9. The van der Waals surface area contributed by atoms with Crippen LogP contribution in [0.5, 0.6) is 0 Å². The fraction of sp³-hybridized carbons (Fsp3) is 0.216. The third kappa shape index (κ3) is 21.8. The monoisotopic (exact) mass is 1110 g/mol. The van der Waals surface area contributed by atoms with Crippen molar-refractivity contribution >= 4 is 89.8 Å². The van der Waals surface area contributed by atoms with E-state index in [0.29, 0.717) is 27.1 Å². The number of nitrogens with one attached hydrogen (secondary N) is 3. The van der Waals surface area contributed by atoms with Crippen LogP contribution >= 0.6 is 22.7 Å². The Hall–Kier alpha value is -8.70. The van der Waals surface area contributed by atoms with E-state index in [2.05, 4.69) is 130 Å². The zero-order valence-corrected chi connectivity index (χ0v) is 43.9. The highest BCUT2D eigenvalue weighted by Crippen LogP contribution is 2.25. The molecular weight excluding hydrogens is 1050 g/mol. The zero-order valence-electron chi connectivity index (χ0n) is 40.7. The third-order valence-corrected chi connectivity index (χ3v) is 14.3. The Balaban J connectivity index is 0. The number of aromatic amines is 1.